The topological polar surface area (TPSA) is 90.4 Å². The highest BCUT2D eigenvalue weighted by Gasteiger charge is 2.14. The van der Waals surface area contributed by atoms with E-state index in [1.54, 1.807) is 13.8 Å². The molecule has 1 heterocycles. The quantitative estimate of drug-likeness (QED) is 0.737. The van der Waals surface area contributed by atoms with Crippen molar-refractivity contribution in [3.63, 3.8) is 0 Å². The number of rotatable bonds is 7. The molecule has 7 nitrogen and oxygen atoms in total. The van der Waals surface area contributed by atoms with Gasteiger partial charge in [-0.2, -0.15) is 0 Å². The number of hydrogen-bond donors (Lipinski definition) is 1. The van der Waals surface area contributed by atoms with Crippen molar-refractivity contribution in [1.82, 2.24) is 9.97 Å². The molecule has 7 heteroatoms. The maximum absolute atomic E-state index is 11.6. The summed E-state index contributed by atoms with van der Waals surface area (Å²) in [7, 11) is 0. The molecule has 0 spiro atoms. The summed E-state index contributed by atoms with van der Waals surface area (Å²) in [5.74, 6) is -0.457. The number of hydrogen-bond acceptors (Lipinski definition) is 7. The Morgan fingerprint density at radius 3 is 2.68 bits per heavy atom. The lowest BCUT2D eigenvalue weighted by atomic mass is 10.3. The second-order valence-corrected chi connectivity index (χ2v) is 3.49. The molecule has 1 aromatic heterocycles. The lowest BCUT2D eigenvalue weighted by molar-refractivity contribution is -0.142. The molecule has 0 aromatic carbocycles. The molecule has 0 amide bonds. The molecule has 0 saturated heterocycles. The van der Waals surface area contributed by atoms with Gasteiger partial charge >= 0.3 is 11.9 Å². The van der Waals surface area contributed by atoms with Crippen LogP contribution >= 0.6 is 0 Å². The van der Waals surface area contributed by atoms with E-state index in [9.17, 15) is 9.59 Å². The van der Waals surface area contributed by atoms with Crippen molar-refractivity contribution >= 4 is 17.8 Å². The molecule has 1 aromatic rings. The lowest BCUT2D eigenvalue weighted by Crippen LogP contribution is -2.15. The van der Waals surface area contributed by atoms with Gasteiger partial charge in [0.25, 0.3) is 0 Å². The largest absolute Gasteiger partial charge is 0.466 e. The Balaban J connectivity index is 2.58. The van der Waals surface area contributed by atoms with E-state index in [1.165, 1.54) is 12.5 Å². The van der Waals surface area contributed by atoms with Crippen molar-refractivity contribution in [3.05, 3.63) is 18.1 Å². The normalized spacial score (nSPS) is 9.79. The average Bonchev–Trinajstić information content (AvgIpc) is 2.40. The van der Waals surface area contributed by atoms with Gasteiger partial charge in [0.2, 0.25) is 0 Å². The molecular formula is C12H17N3O4. The van der Waals surface area contributed by atoms with E-state index in [4.69, 9.17) is 9.47 Å². The molecule has 0 fully saturated rings. The Morgan fingerprint density at radius 2 is 2.00 bits per heavy atom. The first-order valence-electron chi connectivity index (χ1n) is 6.05. The molecule has 19 heavy (non-hydrogen) atoms. The third-order valence-corrected chi connectivity index (χ3v) is 2.13. The van der Waals surface area contributed by atoms with Crippen molar-refractivity contribution in [2.24, 2.45) is 0 Å². The molecule has 0 aliphatic rings. The number of esters is 2. The van der Waals surface area contributed by atoms with Gasteiger partial charge in [-0.3, -0.25) is 4.79 Å². The van der Waals surface area contributed by atoms with Gasteiger partial charge in [-0.05, 0) is 13.8 Å². The van der Waals surface area contributed by atoms with Crippen LogP contribution in [0.15, 0.2) is 12.5 Å². The summed E-state index contributed by atoms with van der Waals surface area (Å²) in [5, 5.41) is 2.89. The Kier molecular flexibility index (Phi) is 6.28. The van der Waals surface area contributed by atoms with Crippen LogP contribution in [0.3, 0.4) is 0 Å². The Bertz CT molecular complexity index is 437. The molecule has 1 N–H and O–H groups in total. The number of nitrogens with one attached hydrogen (secondary N) is 1. The Morgan fingerprint density at radius 1 is 1.26 bits per heavy atom. The van der Waals surface area contributed by atoms with Crippen LogP contribution < -0.4 is 5.32 Å². The first kappa shape index (κ1) is 14.9. The molecule has 0 bridgehead atoms. The van der Waals surface area contributed by atoms with Crippen molar-refractivity contribution in [3.8, 4) is 0 Å². The highest BCUT2D eigenvalue weighted by atomic mass is 16.5. The molecule has 0 radical (unpaired) electrons. The number of carbonyl (C=O) groups is 2. The first-order valence-corrected chi connectivity index (χ1v) is 6.05. The Labute approximate surface area is 111 Å². The fraction of sp³-hybridized carbons (Fsp3) is 0.500. The van der Waals surface area contributed by atoms with Crippen LogP contribution in [0.1, 0.15) is 30.6 Å². The summed E-state index contributed by atoms with van der Waals surface area (Å²) < 4.78 is 9.68. The molecule has 104 valence electrons. The number of aromatic nitrogens is 2. The van der Waals surface area contributed by atoms with Crippen LogP contribution in [-0.4, -0.2) is 41.7 Å². The monoisotopic (exact) mass is 267 g/mol. The zero-order valence-corrected chi connectivity index (χ0v) is 11.0. The summed E-state index contributed by atoms with van der Waals surface area (Å²) in [6, 6.07) is 0. The van der Waals surface area contributed by atoms with Crippen molar-refractivity contribution in [2.45, 2.75) is 20.3 Å². The number of anilines is 1. The fourth-order valence-corrected chi connectivity index (χ4v) is 1.34. The number of carbonyl (C=O) groups excluding carboxylic acids is 2. The van der Waals surface area contributed by atoms with Crippen LogP contribution in [0, 0.1) is 0 Å². The van der Waals surface area contributed by atoms with Gasteiger partial charge in [-0.15, -0.1) is 0 Å². The molecule has 0 atom stereocenters. The van der Waals surface area contributed by atoms with Crippen LogP contribution in [0.5, 0.6) is 0 Å². The molecule has 0 aliphatic heterocycles. The third kappa shape index (κ3) is 4.90. The van der Waals surface area contributed by atoms with E-state index in [-0.39, 0.29) is 24.6 Å². The van der Waals surface area contributed by atoms with E-state index in [0.29, 0.717) is 19.0 Å². The molecule has 0 aliphatic carbocycles. The SMILES string of the molecule is CCOC(=O)CCNc1ncncc1C(=O)OCC. The third-order valence-electron chi connectivity index (χ3n) is 2.13. The minimum atomic E-state index is -0.498. The smallest absolute Gasteiger partial charge is 0.343 e. The molecular weight excluding hydrogens is 250 g/mol. The van der Waals surface area contributed by atoms with Crippen molar-refractivity contribution in [2.75, 3.05) is 25.1 Å². The van der Waals surface area contributed by atoms with E-state index in [1.807, 2.05) is 0 Å². The minimum Gasteiger partial charge on any atom is -0.466 e. The predicted molar refractivity (Wildman–Crippen MR) is 67.7 cm³/mol. The van der Waals surface area contributed by atoms with Crippen molar-refractivity contribution in [1.29, 1.82) is 0 Å². The predicted octanol–water partition coefficient (Wildman–Crippen LogP) is 1.02. The lowest BCUT2D eigenvalue weighted by Gasteiger charge is -2.09. The van der Waals surface area contributed by atoms with Crippen LogP contribution in [0.25, 0.3) is 0 Å². The van der Waals surface area contributed by atoms with Crippen molar-refractivity contribution < 1.29 is 19.1 Å². The molecule has 1 rings (SSSR count). The summed E-state index contributed by atoms with van der Waals surface area (Å²) in [5.41, 5.74) is 0.244. The number of nitrogens with zero attached hydrogens (tertiary/aromatic N) is 2. The molecule has 0 saturated carbocycles. The summed E-state index contributed by atoms with van der Waals surface area (Å²) >= 11 is 0. The Hall–Kier alpha value is -2.18. The highest BCUT2D eigenvalue weighted by molar-refractivity contribution is 5.94. The van der Waals surface area contributed by atoms with Crippen LogP contribution in [0.2, 0.25) is 0 Å². The fourth-order valence-electron chi connectivity index (χ4n) is 1.34. The van der Waals surface area contributed by atoms with Gasteiger partial charge < -0.3 is 14.8 Å². The van der Waals surface area contributed by atoms with Gasteiger partial charge in [0.05, 0.1) is 19.6 Å². The van der Waals surface area contributed by atoms with Gasteiger partial charge in [0.1, 0.15) is 17.7 Å². The van der Waals surface area contributed by atoms with Gasteiger partial charge in [-0.1, -0.05) is 0 Å². The van der Waals surface area contributed by atoms with E-state index in [2.05, 4.69) is 15.3 Å². The summed E-state index contributed by atoms with van der Waals surface area (Å²) in [4.78, 5) is 30.5. The van der Waals surface area contributed by atoms with E-state index < -0.39 is 5.97 Å². The van der Waals surface area contributed by atoms with Gasteiger partial charge in [0, 0.05) is 12.7 Å². The van der Waals surface area contributed by atoms with E-state index >= 15 is 0 Å². The van der Waals surface area contributed by atoms with Crippen LogP contribution in [-0.2, 0) is 14.3 Å². The first-order chi connectivity index (χ1) is 9.19. The van der Waals surface area contributed by atoms with Crippen LogP contribution in [0.4, 0.5) is 5.82 Å². The second kappa shape index (κ2) is 8.02. The van der Waals surface area contributed by atoms with E-state index in [0.717, 1.165) is 0 Å². The van der Waals surface area contributed by atoms with Gasteiger partial charge in [-0.25, -0.2) is 14.8 Å². The summed E-state index contributed by atoms with van der Waals surface area (Å²) in [6.07, 6.45) is 2.88. The summed E-state index contributed by atoms with van der Waals surface area (Å²) in [6.45, 7) is 4.41. The minimum absolute atomic E-state index is 0.195. The van der Waals surface area contributed by atoms with Gasteiger partial charge in [0.15, 0.2) is 0 Å². The maximum Gasteiger partial charge on any atom is 0.343 e. The highest BCUT2D eigenvalue weighted by Crippen LogP contribution is 2.11. The standard InChI is InChI=1S/C12H17N3O4/c1-3-18-10(16)5-6-14-11-9(7-13-8-15-11)12(17)19-4-2/h7-8H,3-6H2,1-2H3,(H,13,14,15). The zero-order valence-electron chi connectivity index (χ0n) is 11.0. The molecule has 0 unspecified atom stereocenters. The second-order valence-electron chi connectivity index (χ2n) is 3.49. The number of ether oxygens (including phenoxy) is 2. The zero-order chi connectivity index (χ0) is 14.1. The maximum atomic E-state index is 11.6. The average molecular weight is 267 g/mol.